The molecule has 0 radical (unpaired) electrons. The smallest absolute Gasteiger partial charge is 0.248 e. The van der Waals surface area contributed by atoms with Gasteiger partial charge in [0.05, 0.1) is 11.6 Å². The normalized spacial score (nSPS) is 10.2. The highest BCUT2D eigenvalue weighted by Gasteiger charge is 2.11. The zero-order valence-electron chi connectivity index (χ0n) is 12.3. The van der Waals surface area contributed by atoms with Crippen molar-refractivity contribution in [2.45, 2.75) is 6.54 Å². The number of nitrogens with one attached hydrogen (secondary N) is 1. The third-order valence-electron chi connectivity index (χ3n) is 3.13. The molecule has 0 bridgehead atoms. The molecule has 1 heterocycles. The molecule has 0 aliphatic heterocycles. The molecule has 7 nitrogen and oxygen atoms in total. The van der Waals surface area contributed by atoms with Crippen molar-refractivity contribution in [1.29, 1.82) is 5.26 Å². The van der Waals surface area contributed by atoms with Crippen LogP contribution in [0.25, 0.3) is 11.4 Å². The minimum absolute atomic E-state index is 0.0752. The fourth-order valence-electron chi connectivity index (χ4n) is 2.06. The van der Waals surface area contributed by atoms with Crippen molar-refractivity contribution in [3.05, 3.63) is 58.6 Å². The monoisotopic (exact) mass is 382 g/mol. The number of aromatic nitrogens is 4. The van der Waals surface area contributed by atoms with E-state index in [4.69, 9.17) is 5.26 Å². The number of hydrogen-bond acceptors (Lipinski definition) is 5. The molecule has 0 atom stereocenters. The van der Waals surface area contributed by atoms with E-state index in [2.05, 4.69) is 36.7 Å². The van der Waals surface area contributed by atoms with Crippen LogP contribution in [0.1, 0.15) is 5.56 Å². The van der Waals surface area contributed by atoms with E-state index >= 15 is 0 Å². The van der Waals surface area contributed by atoms with E-state index in [1.807, 2.05) is 30.3 Å². The molecule has 0 saturated carbocycles. The molecule has 24 heavy (non-hydrogen) atoms. The lowest BCUT2D eigenvalue weighted by atomic mass is 10.2. The zero-order chi connectivity index (χ0) is 16.9. The van der Waals surface area contributed by atoms with Gasteiger partial charge in [-0.25, -0.2) is 0 Å². The Hall–Kier alpha value is -3.05. The molecule has 0 spiro atoms. The van der Waals surface area contributed by atoms with Gasteiger partial charge in [-0.1, -0.05) is 34.1 Å². The van der Waals surface area contributed by atoms with Crippen LogP contribution in [0.4, 0.5) is 5.69 Å². The van der Waals surface area contributed by atoms with Gasteiger partial charge >= 0.3 is 0 Å². The van der Waals surface area contributed by atoms with Gasteiger partial charge in [0, 0.05) is 15.7 Å². The number of halogens is 1. The Bertz CT molecular complexity index is 930. The van der Waals surface area contributed by atoms with Crippen molar-refractivity contribution >= 4 is 27.5 Å². The first kappa shape index (κ1) is 15.8. The summed E-state index contributed by atoms with van der Waals surface area (Å²) in [7, 11) is 0. The molecule has 3 rings (SSSR count). The van der Waals surface area contributed by atoms with Crippen molar-refractivity contribution < 1.29 is 4.79 Å². The van der Waals surface area contributed by atoms with Gasteiger partial charge < -0.3 is 5.32 Å². The summed E-state index contributed by atoms with van der Waals surface area (Å²) in [5.74, 6) is 0.128. The Labute approximate surface area is 146 Å². The average Bonchev–Trinajstić information content (AvgIpc) is 3.03. The van der Waals surface area contributed by atoms with Gasteiger partial charge in [-0.15, -0.1) is 10.2 Å². The molecule has 0 fully saturated rings. The van der Waals surface area contributed by atoms with Gasteiger partial charge in [0.25, 0.3) is 0 Å². The maximum Gasteiger partial charge on any atom is 0.248 e. The van der Waals surface area contributed by atoms with Gasteiger partial charge in [0.2, 0.25) is 11.7 Å². The largest absolute Gasteiger partial charge is 0.324 e. The van der Waals surface area contributed by atoms with Gasteiger partial charge in [-0.3, -0.25) is 4.79 Å². The highest BCUT2D eigenvalue weighted by molar-refractivity contribution is 9.10. The summed E-state index contributed by atoms with van der Waals surface area (Å²) in [6.07, 6.45) is 0. The maximum atomic E-state index is 12.1. The SMILES string of the molecule is N#Cc1cccc(NC(=O)Cn2nnc(-c3ccccc3Br)n2)c1. The predicted octanol–water partition coefficient (Wildman–Crippen LogP) is 2.61. The summed E-state index contributed by atoms with van der Waals surface area (Å²) in [6, 6.07) is 16.2. The van der Waals surface area contributed by atoms with Crippen LogP contribution < -0.4 is 5.32 Å². The number of nitrogens with zero attached hydrogens (tertiary/aromatic N) is 5. The lowest BCUT2D eigenvalue weighted by molar-refractivity contribution is -0.117. The van der Waals surface area contributed by atoms with E-state index in [1.165, 1.54) is 4.80 Å². The van der Waals surface area contributed by atoms with E-state index in [0.717, 1.165) is 10.0 Å². The summed E-state index contributed by atoms with van der Waals surface area (Å²) in [6.45, 7) is -0.0752. The summed E-state index contributed by atoms with van der Waals surface area (Å²) in [5, 5.41) is 23.6. The minimum Gasteiger partial charge on any atom is -0.324 e. The molecule has 0 aliphatic carbocycles. The quantitative estimate of drug-likeness (QED) is 0.747. The Balaban J connectivity index is 1.69. The Morgan fingerprint density at radius 2 is 2.08 bits per heavy atom. The van der Waals surface area contributed by atoms with Gasteiger partial charge in [-0.2, -0.15) is 10.1 Å². The van der Waals surface area contributed by atoms with Gasteiger partial charge in [0.1, 0.15) is 6.54 Å². The van der Waals surface area contributed by atoms with Crippen molar-refractivity contribution in [1.82, 2.24) is 20.2 Å². The molecule has 1 amide bonds. The number of anilines is 1. The van der Waals surface area contributed by atoms with E-state index in [0.29, 0.717) is 17.1 Å². The van der Waals surface area contributed by atoms with E-state index in [1.54, 1.807) is 24.3 Å². The van der Waals surface area contributed by atoms with Crippen molar-refractivity contribution in [3.8, 4) is 17.5 Å². The van der Waals surface area contributed by atoms with Crippen LogP contribution >= 0.6 is 15.9 Å². The number of hydrogen-bond donors (Lipinski definition) is 1. The lowest BCUT2D eigenvalue weighted by Gasteiger charge is -2.04. The first-order valence-electron chi connectivity index (χ1n) is 6.98. The van der Waals surface area contributed by atoms with E-state index in [9.17, 15) is 4.79 Å². The Morgan fingerprint density at radius 3 is 2.88 bits per heavy atom. The van der Waals surface area contributed by atoms with Crippen LogP contribution in [0.3, 0.4) is 0 Å². The third kappa shape index (κ3) is 3.64. The molecular weight excluding hydrogens is 372 g/mol. The number of benzene rings is 2. The molecule has 1 N–H and O–H groups in total. The second kappa shape index (κ2) is 7.02. The first-order valence-corrected chi connectivity index (χ1v) is 7.78. The van der Waals surface area contributed by atoms with Crippen LogP contribution in [-0.4, -0.2) is 26.1 Å². The molecule has 0 aliphatic rings. The molecule has 1 aromatic heterocycles. The molecule has 118 valence electrons. The van der Waals surface area contributed by atoms with Crippen LogP contribution in [0.5, 0.6) is 0 Å². The fraction of sp³-hybridized carbons (Fsp3) is 0.0625. The maximum absolute atomic E-state index is 12.1. The van der Waals surface area contributed by atoms with Crippen LogP contribution in [0, 0.1) is 11.3 Å². The standard InChI is InChI=1S/C16H11BrN6O/c17-14-7-2-1-6-13(14)16-20-22-23(21-16)10-15(24)19-12-5-3-4-11(8-12)9-18/h1-8H,10H2,(H,19,24). The van der Waals surface area contributed by atoms with E-state index in [-0.39, 0.29) is 12.5 Å². The third-order valence-corrected chi connectivity index (χ3v) is 3.82. The Morgan fingerprint density at radius 1 is 1.25 bits per heavy atom. The summed E-state index contributed by atoms with van der Waals surface area (Å²) in [5.41, 5.74) is 1.82. The predicted molar refractivity (Wildman–Crippen MR) is 90.7 cm³/mol. The summed E-state index contributed by atoms with van der Waals surface area (Å²) < 4.78 is 0.849. The van der Waals surface area contributed by atoms with E-state index < -0.39 is 0 Å². The highest BCUT2D eigenvalue weighted by Crippen LogP contribution is 2.24. The zero-order valence-corrected chi connectivity index (χ0v) is 13.9. The number of tetrazole rings is 1. The topological polar surface area (TPSA) is 96.5 Å². The molecule has 8 heteroatoms. The minimum atomic E-state index is -0.304. The first-order chi connectivity index (χ1) is 11.7. The number of amides is 1. The molecule has 3 aromatic rings. The summed E-state index contributed by atoms with van der Waals surface area (Å²) in [4.78, 5) is 13.3. The fourth-order valence-corrected chi connectivity index (χ4v) is 2.52. The van der Waals surface area contributed by atoms with Crippen molar-refractivity contribution in [3.63, 3.8) is 0 Å². The van der Waals surface area contributed by atoms with Crippen LogP contribution in [0.15, 0.2) is 53.0 Å². The number of carbonyl (C=O) groups excluding carboxylic acids is 1. The highest BCUT2D eigenvalue weighted by atomic mass is 79.9. The molecule has 0 unspecified atom stereocenters. The van der Waals surface area contributed by atoms with Crippen LogP contribution in [0.2, 0.25) is 0 Å². The van der Waals surface area contributed by atoms with Gasteiger partial charge in [-0.05, 0) is 35.5 Å². The van der Waals surface area contributed by atoms with Crippen molar-refractivity contribution in [2.24, 2.45) is 0 Å². The number of carbonyl (C=O) groups is 1. The lowest BCUT2D eigenvalue weighted by Crippen LogP contribution is -2.20. The second-order valence-electron chi connectivity index (χ2n) is 4.86. The molecule has 0 saturated heterocycles. The number of nitriles is 1. The van der Waals surface area contributed by atoms with Gasteiger partial charge in [0.15, 0.2) is 0 Å². The number of rotatable bonds is 4. The average molecular weight is 383 g/mol. The summed E-state index contributed by atoms with van der Waals surface area (Å²) >= 11 is 3.43. The molecular formula is C16H11BrN6O. The van der Waals surface area contributed by atoms with Crippen LogP contribution in [-0.2, 0) is 11.3 Å². The Kier molecular flexibility index (Phi) is 4.63. The van der Waals surface area contributed by atoms with Crippen molar-refractivity contribution in [2.75, 3.05) is 5.32 Å². The second-order valence-corrected chi connectivity index (χ2v) is 5.72. The molecule has 2 aromatic carbocycles.